The lowest BCUT2D eigenvalue weighted by molar-refractivity contribution is -0.139. The molecule has 0 saturated heterocycles. The van der Waals surface area contributed by atoms with E-state index in [2.05, 4.69) is 0 Å². The smallest absolute Gasteiger partial charge is 0.320 e. The lowest BCUT2D eigenvalue weighted by atomic mass is 9.96. The number of phenols is 2. The highest BCUT2D eigenvalue weighted by atomic mass is 16.4. The molecule has 0 aliphatic heterocycles. The van der Waals surface area contributed by atoms with E-state index in [1.165, 1.54) is 12.1 Å². The van der Waals surface area contributed by atoms with Gasteiger partial charge in [0.1, 0.15) is 23.6 Å². The summed E-state index contributed by atoms with van der Waals surface area (Å²) in [5, 5.41) is 38.0. The van der Waals surface area contributed by atoms with Gasteiger partial charge >= 0.3 is 11.9 Å². The lowest BCUT2D eigenvalue weighted by Crippen LogP contribution is -2.32. The second kappa shape index (κ2) is 8.52. The second-order valence-corrected chi connectivity index (χ2v) is 6.40. The van der Waals surface area contributed by atoms with Crippen LogP contribution in [0.2, 0.25) is 0 Å². The summed E-state index contributed by atoms with van der Waals surface area (Å²) in [4.78, 5) is 21.8. The van der Waals surface area contributed by atoms with Gasteiger partial charge in [-0.05, 0) is 47.2 Å². The fraction of sp³-hybridized carbons (Fsp3) is 0.263. The number of phenolic OH excluding ortho intramolecular Hbond substituents is 2. The average Bonchev–Trinajstić information content (AvgIpc) is 2.60. The van der Waals surface area contributed by atoms with Gasteiger partial charge in [-0.2, -0.15) is 0 Å². The number of carbonyl (C=O) groups is 2. The molecule has 8 heteroatoms. The van der Waals surface area contributed by atoms with Crippen molar-refractivity contribution in [2.75, 3.05) is 0 Å². The number of nitrogens with two attached hydrogens (primary N) is 2. The number of rotatable bonds is 8. The van der Waals surface area contributed by atoms with Gasteiger partial charge in [0.15, 0.2) is 0 Å². The summed E-state index contributed by atoms with van der Waals surface area (Å²) in [6, 6.07) is 7.21. The summed E-state index contributed by atoms with van der Waals surface area (Å²) in [6.07, 6.45) is 0.369. The summed E-state index contributed by atoms with van der Waals surface area (Å²) in [7, 11) is 0. The van der Waals surface area contributed by atoms with Gasteiger partial charge in [0, 0.05) is 6.42 Å². The molecular weight excluding hydrogens is 352 g/mol. The van der Waals surface area contributed by atoms with Crippen LogP contribution in [0.1, 0.15) is 22.3 Å². The van der Waals surface area contributed by atoms with E-state index < -0.39 is 24.0 Å². The van der Waals surface area contributed by atoms with Crippen molar-refractivity contribution in [1.29, 1.82) is 0 Å². The van der Waals surface area contributed by atoms with Gasteiger partial charge in [0.2, 0.25) is 0 Å². The highest BCUT2D eigenvalue weighted by Crippen LogP contribution is 2.27. The SMILES string of the molecule is NC(Cc1ccc(O)c(Cc2cc(CC(N)C(=O)O)ccc2O)c1)C(=O)O. The quantitative estimate of drug-likeness (QED) is 0.390. The molecule has 2 unspecified atom stereocenters. The van der Waals surface area contributed by atoms with E-state index in [0.29, 0.717) is 22.3 Å². The first-order valence-corrected chi connectivity index (χ1v) is 8.25. The van der Waals surface area contributed by atoms with Crippen LogP contribution in [-0.4, -0.2) is 44.4 Å². The molecule has 27 heavy (non-hydrogen) atoms. The summed E-state index contributed by atoms with van der Waals surface area (Å²) in [5.74, 6) is -2.25. The molecule has 0 amide bonds. The highest BCUT2D eigenvalue weighted by Gasteiger charge is 2.16. The van der Waals surface area contributed by atoms with Gasteiger partial charge in [-0.25, -0.2) is 0 Å². The number of carboxylic acid groups (broad SMARTS) is 2. The molecule has 0 aromatic heterocycles. The molecular formula is C19H22N2O6. The first-order chi connectivity index (χ1) is 12.7. The van der Waals surface area contributed by atoms with E-state index in [9.17, 15) is 19.8 Å². The Bertz CT molecular complexity index is 783. The minimum Gasteiger partial charge on any atom is -0.508 e. The van der Waals surface area contributed by atoms with E-state index in [-0.39, 0.29) is 30.8 Å². The van der Waals surface area contributed by atoms with Crippen molar-refractivity contribution in [3.8, 4) is 11.5 Å². The normalized spacial score (nSPS) is 13.1. The molecule has 0 bridgehead atoms. The van der Waals surface area contributed by atoms with Crippen molar-refractivity contribution in [2.24, 2.45) is 11.5 Å². The van der Waals surface area contributed by atoms with Crippen molar-refractivity contribution in [3.63, 3.8) is 0 Å². The molecule has 8 nitrogen and oxygen atoms in total. The Morgan fingerprint density at radius 3 is 1.48 bits per heavy atom. The first kappa shape index (κ1) is 20.2. The topological polar surface area (TPSA) is 167 Å². The minimum atomic E-state index is -1.12. The average molecular weight is 374 g/mol. The predicted octanol–water partition coefficient (Wildman–Crippen LogP) is 0.597. The van der Waals surface area contributed by atoms with Gasteiger partial charge in [-0.3, -0.25) is 9.59 Å². The Morgan fingerprint density at radius 1 is 0.778 bits per heavy atom. The van der Waals surface area contributed by atoms with Crippen LogP contribution in [0.15, 0.2) is 36.4 Å². The molecule has 8 N–H and O–H groups in total. The van der Waals surface area contributed by atoms with E-state index in [4.69, 9.17) is 21.7 Å². The number of aliphatic carboxylic acids is 2. The highest BCUT2D eigenvalue weighted by molar-refractivity contribution is 5.74. The molecule has 0 heterocycles. The fourth-order valence-electron chi connectivity index (χ4n) is 2.70. The van der Waals surface area contributed by atoms with Gasteiger partial charge in [-0.15, -0.1) is 0 Å². The Labute approximate surface area is 155 Å². The molecule has 0 spiro atoms. The third-order valence-corrected chi connectivity index (χ3v) is 4.21. The number of benzene rings is 2. The number of hydrogen-bond donors (Lipinski definition) is 6. The van der Waals surface area contributed by atoms with Crippen molar-refractivity contribution in [3.05, 3.63) is 58.7 Å². The third-order valence-electron chi connectivity index (χ3n) is 4.21. The Kier molecular flexibility index (Phi) is 6.38. The van der Waals surface area contributed by atoms with Crippen molar-refractivity contribution in [1.82, 2.24) is 0 Å². The van der Waals surface area contributed by atoms with Gasteiger partial charge in [0.05, 0.1) is 0 Å². The Hall–Kier alpha value is -3.10. The van der Waals surface area contributed by atoms with Crippen LogP contribution < -0.4 is 11.5 Å². The van der Waals surface area contributed by atoms with Crippen LogP contribution in [0.3, 0.4) is 0 Å². The maximum absolute atomic E-state index is 10.9. The van der Waals surface area contributed by atoms with Crippen LogP contribution in [0.5, 0.6) is 11.5 Å². The number of aromatic hydroxyl groups is 2. The molecule has 0 aliphatic carbocycles. The van der Waals surface area contributed by atoms with E-state index >= 15 is 0 Å². The monoisotopic (exact) mass is 374 g/mol. The zero-order valence-corrected chi connectivity index (χ0v) is 14.5. The Balaban J connectivity index is 2.25. The molecule has 144 valence electrons. The van der Waals surface area contributed by atoms with Gasteiger partial charge < -0.3 is 31.9 Å². The van der Waals surface area contributed by atoms with Gasteiger partial charge in [-0.1, -0.05) is 24.3 Å². The molecule has 0 radical (unpaired) electrons. The maximum Gasteiger partial charge on any atom is 0.320 e. The summed E-state index contributed by atoms with van der Waals surface area (Å²) >= 11 is 0. The number of hydrogen-bond acceptors (Lipinski definition) is 6. The molecule has 2 aromatic rings. The minimum absolute atomic E-state index is 0.00492. The second-order valence-electron chi connectivity index (χ2n) is 6.40. The summed E-state index contributed by atoms with van der Waals surface area (Å²) in [6.45, 7) is 0. The fourth-order valence-corrected chi connectivity index (χ4v) is 2.70. The summed E-state index contributed by atoms with van der Waals surface area (Å²) < 4.78 is 0. The Morgan fingerprint density at radius 2 is 1.15 bits per heavy atom. The molecule has 2 atom stereocenters. The summed E-state index contributed by atoms with van der Waals surface area (Å²) in [5.41, 5.74) is 13.3. The van der Waals surface area contributed by atoms with E-state index in [0.717, 1.165) is 0 Å². The van der Waals surface area contributed by atoms with Crippen molar-refractivity contribution in [2.45, 2.75) is 31.3 Å². The van der Waals surface area contributed by atoms with E-state index in [1.807, 2.05) is 0 Å². The van der Waals surface area contributed by atoms with Crippen LogP contribution >= 0.6 is 0 Å². The van der Waals surface area contributed by atoms with Gasteiger partial charge in [0.25, 0.3) is 0 Å². The molecule has 2 aromatic carbocycles. The van der Waals surface area contributed by atoms with Crippen molar-refractivity contribution >= 4 is 11.9 Å². The predicted molar refractivity (Wildman–Crippen MR) is 97.7 cm³/mol. The van der Waals surface area contributed by atoms with Crippen LogP contribution in [0, 0.1) is 0 Å². The molecule has 2 rings (SSSR count). The first-order valence-electron chi connectivity index (χ1n) is 8.25. The molecule has 0 fully saturated rings. The molecule has 0 saturated carbocycles. The van der Waals surface area contributed by atoms with E-state index in [1.54, 1.807) is 24.3 Å². The zero-order chi connectivity index (χ0) is 20.1. The van der Waals surface area contributed by atoms with Crippen LogP contribution in [-0.2, 0) is 28.9 Å². The lowest BCUT2D eigenvalue weighted by Gasteiger charge is -2.13. The zero-order valence-electron chi connectivity index (χ0n) is 14.5. The van der Waals surface area contributed by atoms with Crippen molar-refractivity contribution < 1.29 is 30.0 Å². The standard InChI is InChI=1S/C19H22N2O6/c20-14(18(24)25)7-10-1-3-16(22)12(5-10)9-13-6-11(2-4-17(13)23)8-15(21)19(26)27/h1-6,14-15,22-23H,7-9,20-21H2,(H,24,25)(H,26,27). The largest absolute Gasteiger partial charge is 0.508 e. The van der Waals surface area contributed by atoms with Crippen LogP contribution in [0.25, 0.3) is 0 Å². The van der Waals surface area contributed by atoms with Crippen LogP contribution in [0.4, 0.5) is 0 Å². The third kappa shape index (κ3) is 5.44. The number of carboxylic acids is 2. The molecule has 0 aliphatic rings. The maximum atomic E-state index is 10.9.